The predicted octanol–water partition coefficient (Wildman–Crippen LogP) is 2.49. The molecule has 3 rings (SSSR count). The van der Waals surface area contributed by atoms with Crippen molar-refractivity contribution < 1.29 is 14.3 Å². The lowest BCUT2D eigenvalue weighted by Gasteiger charge is -2.09. The van der Waals surface area contributed by atoms with E-state index in [0.717, 1.165) is 15.9 Å². The monoisotopic (exact) mass is 443 g/mol. The third-order valence-corrected chi connectivity index (χ3v) is 4.26. The third kappa shape index (κ3) is 4.95. The second-order valence-corrected chi connectivity index (χ2v) is 6.90. The Bertz CT molecular complexity index is 984. The number of pyridine rings is 1. The summed E-state index contributed by atoms with van der Waals surface area (Å²) in [6.07, 6.45) is 1.42. The number of carbonyl (C=O) groups excluding carboxylic acids is 2. The molecule has 0 saturated carbocycles. The number of carbonyl (C=O) groups is 2. The van der Waals surface area contributed by atoms with Gasteiger partial charge in [-0.3, -0.25) is 20.4 Å². The Labute approximate surface area is 170 Å². The highest BCUT2D eigenvalue weighted by molar-refractivity contribution is 9.10. The zero-order chi connectivity index (χ0) is 20.1. The number of hydrogen-bond donors (Lipinski definition) is 2. The first-order valence-corrected chi connectivity index (χ1v) is 9.19. The third-order valence-electron chi connectivity index (χ3n) is 3.74. The van der Waals surface area contributed by atoms with Gasteiger partial charge in [-0.05, 0) is 56.3 Å². The van der Waals surface area contributed by atoms with Crippen LogP contribution in [0.1, 0.15) is 21.7 Å². The molecule has 9 heteroatoms. The first-order chi connectivity index (χ1) is 13.4. The molecule has 0 aliphatic carbocycles. The molecule has 3 aromatic rings. The molecule has 0 fully saturated rings. The van der Waals surface area contributed by atoms with Crippen molar-refractivity contribution >= 4 is 27.7 Å². The van der Waals surface area contributed by atoms with Gasteiger partial charge in [0.15, 0.2) is 12.4 Å². The summed E-state index contributed by atoms with van der Waals surface area (Å²) in [6.45, 7) is 3.60. The minimum absolute atomic E-state index is 0.225. The van der Waals surface area contributed by atoms with Crippen LogP contribution in [0.5, 0.6) is 5.75 Å². The zero-order valence-electron chi connectivity index (χ0n) is 15.3. The zero-order valence-corrected chi connectivity index (χ0v) is 16.9. The average Bonchev–Trinajstić information content (AvgIpc) is 3.04. The van der Waals surface area contributed by atoms with Gasteiger partial charge in [-0.1, -0.05) is 15.9 Å². The fraction of sp³-hybridized carbons (Fsp3) is 0.158. The Kier molecular flexibility index (Phi) is 6.05. The van der Waals surface area contributed by atoms with E-state index >= 15 is 0 Å². The summed E-state index contributed by atoms with van der Waals surface area (Å²) < 4.78 is 7.94. The van der Waals surface area contributed by atoms with Crippen LogP contribution >= 0.6 is 15.9 Å². The van der Waals surface area contributed by atoms with Crippen LogP contribution in [0.3, 0.4) is 0 Å². The lowest BCUT2D eigenvalue weighted by Crippen LogP contribution is -2.43. The smallest absolute Gasteiger partial charge is 0.276 e. The summed E-state index contributed by atoms with van der Waals surface area (Å²) in [6, 6.07) is 12.3. The molecule has 2 heterocycles. The number of hydrazine groups is 1. The summed E-state index contributed by atoms with van der Waals surface area (Å²) in [5, 5.41) is 4.34. The standard InChI is InChI=1S/C19H18BrN5O3/c1-12-9-13(2)25(24-12)17-8-3-14(10-21-17)19(27)23-22-18(26)11-28-16-6-4-15(20)5-7-16/h3-10H,11H2,1-2H3,(H,22,26)(H,23,27). The first kappa shape index (κ1) is 19.6. The number of aromatic nitrogens is 3. The topological polar surface area (TPSA) is 98.1 Å². The van der Waals surface area contributed by atoms with Crippen molar-refractivity contribution in [3.63, 3.8) is 0 Å². The van der Waals surface area contributed by atoms with Crippen LogP contribution < -0.4 is 15.6 Å². The molecule has 2 amide bonds. The molecule has 2 N–H and O–H groups in total. The van der Waals surface area contributed by atoms with Gasteiger partial charge < -0.3 is 4.74 Å². The molecule has 0 saturated heterocycles. The summed E-state index contributed by atoms with van der Waals surface area (Å²) in [4.78, 5) is 28.2. The highest BCUT2D eigenvalue weighted by Gasteiger charge is 2.10. The molecule has 0 unspecified atom stereocenters. The fourth-order valence-corrected chi connectivity index (χ4v) is 2.69. The second-order valence-electron chi connectivity index (χ2n) is 5.99. The van der Waals surface area contributed by atoms with Crippen LogP contribution in [0.4, 0.5) is 0 Å². The van der Waals surface area contributed by atoms with E-state index in [1.807, 2.05) is 19.9 Å². The Balaban J connectivity index is 1.51. The minimum atomic E-state index is -0.483. The van der Waals surface area contributed by atoms with Crippen LogP contribution in [-0.4, -0.2) is 33.2 Å². The summed E-state index contributed by atoms with van der Waals surface area (Å²) in [5.41, 5.74) is 6.77. The molecule has 0 bridgehead atoms. The summed E-state index contributed by atoms with van der Waals surface area (Å²) >= 11 is 3.32. The van der Waals surface area contributed by atoms with Crippen LogP contribution in [0, 0.1) is 13.8 Å². The normalized spacial score (nSPS) is 10.4. The van der Waals surface area contributed by atoms with Crippen molar-refractivity contribution in [2.45, 2.75) is 13.8 Å². The van der Waals surface area contributed by atoms with Crippen LogP contribution in [-0.2, 0) is 4.79 Å². The number of hydrogen-bond acceptors (Lipinski definition) is 5. The molecule has 2 aromatic heterocycles. The molecule has 0 radical (unpaired) electrons. The van der Waals surface area contributed by atoms with Gasteiger partial charge in [-0.15, -0.1) is 0 Å². The number of benzene rings is 1. The van der Waals surface area contributed by atoms with E-state index in [9.17, 15) is 9.59 Å². The SMILES string of the molecule is Cc1cc(C)n(-c2ccc(C(=O)NNC(=O)COc3ccc(Br)cc3)cn2)n1. The molecule has 0 aliphatic heterocycles. The molecule has 1 aromatic carbocycles. The molecule has 8 nitrogen and oxygen atoms in total. The lowest BCUT2D eigenvalue weighted by molar-refractivity contribution is -0.123. The number of aryl methyl sites for hydroxylation is 2. The molecule has 0 spiro atoms. The molecule has 28 heavy (non-hydrogen) atoms. The first-order valence-electron chi connectivity index (χ1n) is 8.39. The number of nitrogens with one attached hydrogen (secondary N) is 2. The molecule has 144 valence electrons. The highest BCUT2D eigenvalue weighted by Crippen LogP contribution is 2.15. The van der Waals surface area contributed by atoms with E-state index < -0.39 is 11.8 Å². The maximum Gasteiger partial charge on any atom is 0.276 e. The number of rotatable bonds is 5. The van der Waals surface area contributed by atoms with E-state index in [4.69, 9.17) is 4.74 Å². The van der Waals surface area contributed by atoms with Crippen molar-refractivity contribution in [2.75, 3.05) is 6.61 Å². The number of amides is 2. The van der Waals surface area contributed by atoms with Crippen molar-refractivity contribution in [3.05, 3.63) is 70.1 Å². The predicted molar refractivity (Wildman–Crippen MR) is 106 cm³/mol. The Morgan fingerprint density at radius 3 is 2.46 bits per heavy atom. The Morgan fingerprint density at radius 2 is 1.86 bits per heavy atom. The van der Waals surface area contributed by atoms with Crippen molar-refractivity contribution in [1.82, 2.24) is 25.6 Å². The average molecular weight is 444 g/mol. The van der Waals surface area contributed by atoms with Gasteiger partial charge in [0.2, 0.25) is 0 Å². The van der Waals surface area contributed by atoms with E-state index in [1.165, 1.54) is 6.20 Å². The molecule has 0 aliphatic rings. The van der Waals surface area contributed by atoms with Gasteiger partial charge >= 0.3 is 0 Å². The second kappa shape index (κ2) is 8.66. The van der Waals surface area contributed by atoms with E-state index in [2.05, 4.69) is 36.9 Å². The van der Waals surface area contributed by atoms with Crippen LogP contribution in [0.2, 0.25) is 0 Å². The van der Waals surface area contributed by atoms with Crippen molar-refractivity contribution in [1.29, 1.82) is 0 Å². The lowest BCUT2D eigenvalue weighted by atomic mass is 10.2. The van der Waals surface area contributed by atoms with Crippen LogP contribution in [0.15, 0.2) is 53.1 Å². The van der Waals surface area contributed by atoms with Crippen molar-refractivity contribution in [3.8, 4) is 11.6 Å². The van der Waals surface area contributed by atoms with E-state index in [0.29, 0.717) is 17.1 Å². The maximum atomic E-state index is 12.1. The van der Waals surface area contributed by atoms with Crippen LogP contribution in [0.25, 0.3) is 5.82 Å². The fourth-order valence-electron chi connectivity index (χ4n) is 2.42. The quantitative estimate of drug-likeness (QED) is 0.590. The Morgan fingerprint density at radius 1 is 1.11 bits per heavy atom. The van der Waals surface area contributed by atoms with E-state index in [-0.39, 0.29) is 6.61 Å². The van der Waals surface area contributed by atoms with Gasteiger partial charge in [-0.25, -0.2) is 9.67 Å². The summed E-state index contributed by atoms with van der Waals surface area (Å²) in [7, 11) is 0. The van der Waals surface area contributed by atoms with Gasteiger partial charge in [0.1, 0.15) is 5.75 Å². The number of nitrogens with zero attached hydrogens (tertiary/aromatic N) is 3. The minimum Gasteiger partial charge on any atom is -0.484 e. The molecular formula is C19H18BrN5O3. The maximum absolute atomic E-state index is 12.1. The largest absolute Gasteiger partial charge is 0.484 e. The van der Waals surface area contributed by atoms with Gasteiger partial charge in [-0.2, -0.15) is 5.10 Å². The molecule has 0 atom stereocenters. The van der Waals surface area contributed by atoms with Gasteiger partial charge in [0.05, 0.1) is 11.3 Å². The number of halogens is 1. The number of ether oxygens (including phenoxy) is 1. The van der Waals surface area contributed by atoms with Crippen molar-refractivity contribution in [2.24, 2.45) is 0 Å². The summed E-state index contributed by atoms with van der Waals surface area (Å²) in [5.74, 6) is 0.190. The Hall–Kier alpha value is -3.20. The van der Waals surface area contributed by atoms with Gasteiger partial charge in [0.25, 0.3) is 11.8 Å². The molecular weight excluding hydrogens is 426 g/mol. The van der Waals surface area contributed by atoms with E-state index in [1.54, 1.807) is 41.1 Å². The van der Waals surface area contributed by atoms with Gasteiger partial charge in [0, 0.05) is 16.4 Å². The highest BCUT2D eigenvalue weighted by atomic mass is 79.9.